The van der Waals surface area contributed by atoms with E-state index in [1.807, 2.05) is 50.2 Å². The molecule has 2 N–H and O–H groups in total. The number of nitrogens with zero attached hydrogens (tertiary/aromatic N) is 1. The fourth-order valence-electron chi connectivity index (χ4n) is 2.90. The van der Waals surface area contributed by atoms with Gasteiger partial charge in [-0.2, -0.15) is 0 Å². The number of nitrogens with one attached hydrogen (secondary N) is 2. The SMILES string of the molecule is CCCCCCc1ccc(C(=O)N[C@@H](CCC)C(=O)NCCN(C)C)cc1. The summed E-state index contributed by atoms with van der Waals surface area (Å²) in [4.78, 5) is 26.9. The van der Waals surface area contributed by atoms with Gasteiger partial charge in [-0.3, -0.25) is 9.59 Å². The Balaban J connectivity index is 2.55. The van der Waals surface area contributed by atoms with Crippen LogP contribution in [0.25, 0.3) is 0 Å². The van der Waals surface area contributed by atoms with E-state index >= 15 is 0 Å². The highest BCUT2D eigenvalue weighted by Gasteiger charge is 2.20. The third kappa shape index (κ3) is 9.57. The highest BCUT2D eigenvalue weighted by Crippen LogP contribution is 2.10. The van der Waals surface area contributed by atoms with Crippen LogP contribution in [0.15, 0.2) is 24.3 Å². The molecular weight excluding hydrogens is 338 g/mol. The van der Waals surface area contributed by atoms with E-state index in [0.29, 0.717) is 18.5 Å². The van der Waals surface area contributed by atoms with E-state index in [0.717, 1.165) is 19.4 Å². The van der Waals surface area contributed by atoms with Crippen LogP contribution in [0.4, 0.5) is 0 Å². The Morgan fingerprint density at radius 2 is 1.70 bits per heavy atom. The van der Waals surface area contributed by atoms with Crippen molar-refractivity contribution in [1.29, 1.82) is 0 Å². The van der Waals surface area contributed by atoms with Crippen molar-refractivity contribution in [2.45, 2.75) is 64.8 Å². The maximum absolute atomic E-state index is 12.5. The third-order valence-electron chi connectivity index (χ3n) is 4.59. The van der Waals surface area contributed by atoms with Crippen molar-refractivity contribution in [3.8, 4) is 0 Å². The molecule has 0 bridgehead atoms. The molecule has 1 atom stereocenters. The second-order valence-corrected chi connectivity index (χ2v) is 7.42. The second kappa shape index (κ2) is 13.3. The summed E-state index contributed by atoms with van der Waals surface area (Å²) < 4.78 is 0. The summed E-state index contributed by atoms with van der Waals surface area (Å²) in [6.07, 6.45) is 7.47. The summed E-state index contributed by atoms with van der Waals surface area (Å²) in [5.74, 6) is -0.298. The monoisotopic (exact) mass is 375 g/mol. The lowest BCUT2D eigenvalue weighted by atomic mass is 10.0. The van der Waals surface area contributed by atoms with E-state index < -0.39 is 6.04 Å². The molecule has 0 unspecified atom stereocenters. The summed E-state index contributed by atoms with van der Waals surface area (Å²) >= 11 is 0. The fraction of sp³-hybridized carbons (Fsp3) is 0.636. The molecule has 152 valence electrons. The van der Waals surface area contributed by atoms with Crippen LogP contribution in [-0.2, 0) is 11.2 Å². The summed E-state index contributed by atoms with van der Waals surface area (Å²) in [5.41, 5.74) is 1.86. The molecule has 0 aliphatic rings. The lowest BCUT2D eigenvalue weighted by Crippen LogP contribution is -2.47. The van der Waals surface area contributed by atoms with Crippen LogP contribution in [0, 0.1) is 0 Å². The molecule has 0 radical (unpaired) electrons. The maximum Gasteiger partial charge on any atom is 0.251 e. The van der Waals surface area contributed by atoms with Crippen LogP contribution in [-0.4, -0.2) is 49.9 Å². The average molecular weight is 376 g/mol. The number of likely N-dealkylation sites (N-methyl/N-ethyl adjacent to an activating group) is 1. The second-order valence-electron chi connectivity index (χ2n) is 7.42. The third-order valence-corrected chi connectivity index (χ3v) is 4.59. The number of unbranched alkanes of at least 4 members (excludes halogenated alkanes) is 3. The number of carbonyl (C=O) groups excluding carboxylic acids is 2. The van der Waals surface area contributed by atoms with E-state index in [1.165, 1.54) is 31.2 Å². The van der Waals surface area contributed by atoms with E-state index in [4.69, 9.17) is 0 Å². The smallest absolute Gasteiger partial charge is 0.251 e. The highest BCUT2D eigenvalue weighted by molar-refractivity contribution is 5.97. The molecule has 1 aromatic carbocycles. The molecule has 0 aliphatic heterocycles. The van der Waals surface area contributed by atoms with Gasteiger partial charge in [0, 0.05) is 18.7 Å². The standard InChI is InChI=1S/C22H37N3O2/c1-5-7-8-9-11-18-12-14-19(15-13-18)21(26)24-20(10-6-2)22(27)23-16-17-25(3)4/h12-15,20H,5-11,16-17H2,1-4H3,(H,23,27)(H,24,26)/t20-/m0/s1. The maximum atomic E-state index is 12.5. The number of aryl methyl sites for hydroxylation is 1. The Hall–Kier alpha value is -1.88. The molecule has 0 spiro atoms. The Morgan fingerprint density at radius 1 is 1.00 bits per heavy atom. The van der Waals surface area contributed by atoms with Gasteiger partial charge in [-0.15, -0.1) is 0 Å². The number of amides is 2. The van der Waals surface area contributed by atoms with Crippen LogP contribution in [0.2, 0.25) is 0 Å². The van der Waals surface area contributed by atoms with Gasteiger partial charge in [0.05, 0.1) is 0 Å². The number of hydrogen-bond acceptors (Lipinski definition) is 3. The van der Waals surface area contributed by atoms with E-state index in [1.54, 1.807) is 0 Å². The largest absolute Gasteiger partial charge is 0.353 e. The number of hydrogen-bond donors (Lipinski definition) is 2. The van der Waals surface area contributed by atoms with Gasteiger partial charge in [0.25, 0.3) is 5.91 Å². The van der Waals surface area contributed by atoms with Crippen molar-refractivity contribution in [3.63, 3.8) is 0 Å². The molecule has 5 heteroatoms. The van der Waals surface area contributed by atoms with E-state index in [-0.39, 0.29) is 11.8 Å². The van der Waals surface area contributed by atoms with Gasteiger partial charge >= 0.3 is 0 Å². The van der Waals surface area contributed by atoms with Crippen molar-refractivity contribution >= 4 is 11.8 Å². The first kappa shape index (κ1) is 23.2. The van der Waals surface area contributed by atoms with Crippen LogP contribution in [0.5, 0.6) is 0 Å². The van der Waals surface area contributed by atoms with E-state index in [9.17, 15) is 9.59 Å². The zero-order valence-electron chi connectivity index (χ0n) is 17.5. The number of benzene rings is 1. The molecule has 0 aliphatic carbocycles. The molecule has 1 rings (SSSR count). The average Bonchev–Trinajstić information content (AvgIpc) is 2.65. The van der Waals surface area contributed by atoms with Crippen molar-refractivity contribution in [2.24, 2.45) is 0 Å². The molecular formula is C22H37N3O2. The minimum absolute atomic E-state index is 0.111. The van der Waals surface area contributed by atoms with Crippen molar-refractivity contribution in [3.05, 3.63) is 35.4 Å². The first-order valence-corrected chi connectivity index (χ1v) is 10.3. The van der Waals surface area contributed by atoms with Gasteiger partial charge in [0.15, 0.2) is 0 Å². The van der Waals surface area contributed by atoms with Crippen LogP contribution < -0.4 is 10.6 Å². The molecule has 5 nitrogen and oxygen atoms in total. The molecule has 0 saturated heterocycles. The van der Waals surface area contributed by atoms with Gasteiger partial charge in [0.2, 0.25) is 5.91 Å². The Bertz CT molecular complexity index is 555. The van der Waals surface area contributed by atoms with Crippen molar-refractivity contribution in [2.75, 3.05) is 27.2 Å². The van der Waals surface area contributed by atoms with Gasteiger partial charge in [0.1, 0.15) is 6.04 Å². The number of carbonyl (C=O) groups is 2. The zero-order valence-corrected chi connectivity index (χ0v) is 17.5. The van der Waals surface area contributed by atoms with E-state index in [2.05, 4.69) is 17.6 Å². The van der Waals surface area contributed by atoms with Crippen molar-refractivity contribution in [1.82, 2.24) is 15.5 Å². The molecule has 0 fully saturated rings. The molecule has 0 aromatic heterocycles. The Labute approximate surface area is 164 Å². The molecule has 0 heterocycles. The zero-order chi connectivity index (χ0) is 20.1. The van der Waals surface area contributed by atoms with Crippen LogP contribution in [0.3, 0.4) is 0 Å². The summed E-state index contributed by atoms with van der Waals surface area (Å²) in [5, 5.41) is 5.79. The predicted octanol–water partition coefficient (Wildman–Crippen LogP) is 3.39. The lowest BCUT2D eigenvalue weighted by Gasteiger charge is -2.19. The predicted molar refractivity (Wildman–Crippen MR) is 112 cm³/mol. The van der Waals surface area contributed by atoms with Crippen molar-refractivity contribution < 1.29 is 9.59 Å². The highest BCUT2D eigenvalue weighted by atomic mass is 16.2. The Morgan fingerprint density at radius 3 is 2.30 bits per heavy atom. The van der Waals surface area contributed by atoms with Crippen LogP contribution in [0.1, 0.15) is 68.3 Å². The molecule has 1 aromatic rings. The van der Waals surface area contributed by atoms with Gasteiger partial charge < -0.3 is 15.5 Å². The summed E-state index contributed by atoms with van der Waals surface area (Å²) in [6.45, 7) is 5.58. The number of rotatable bonds is 13. The first-order valence-electron chi connectivity index (χ1n) is 10.3. The summed E-state index contributed by atoms with van der Waals surface area (Å²) in [6, 6.07) is 7.27. The lowest BCUT2D eigenvalue weighted by molar-refractivity contribution is -0.123. The normalized spacial score (nSPS) is 12.0. The molecule has 0 saturated carbocycles. The summed E-state index contributed by atoms with van der Waals surface area (Å²) in [7, 11) is 3.93. The minimum Gasteiger partial charge on any atom is -0.353 e. The Kier molecular flexibility index (Phi) is 11.4. The fourth-order valence-corrected chi connectivity index (χ4v) is 2.90. The minimum atomic E-state index is -0.488. The van der Waals surface area contributed by atoms with Gasteiger partial charge in [-0.05, 0) is 51.1 Å². The molecule has 27 heavy (non-hydrogen) atoms. The molecule has 2 amide bonds. The van der Waals surface area contributed by atoms with Gasteiger partial charge in [-0.1, -0.05) is 51.7 Å². The first-order chi connectivity index (χ1) is 13.0. The quantitative estimate of drug-likeness (QED) is 0.520. The van der Waals surface area contributed by atoms with Crippen LogP contribution >= 0.6 is 0 Å². The van der Waals surface area contributed by atoms with Gasteiger partial charge in [-0.25, -0.2) is 0 Å². The topological polar surface area (TPSA) is 61.4 Å².